The van der Waals surface area contributed by atoms with E-state index in [1.807, 2.05) is 6.07 Å². The molecule has 2 saturated heterocycles. The summed E-state index contributed by atoms with van der Waals surface area (Å²) < 4.78 is 12.6. The molecule has 3 rings (SSSR count). The highest BCUT2D eigenvalue weighted by atomic mass is 16.6. The zero-order valence-electron chi connectivity index (χ0n) is 12.0. The van der Waals surface area contributed by atoms with E-state index >= 15 is 0 Å². The fraction of sp³-hybridized carbons (Fsp3) is 0.647. The lowest BCUT2D eigenvalue weighted by molar-refractivity contribution is -0.0995. The quantitative estimate of drug-likeness (QED) is 0.794. The number of rotatable bonds is 5. The van der Waals surface area contributed by atoms with E-state index in [-0.39, 0.29) is 17.3 Å². The molecule has 0 spiro atoms. The number of fused-ring (bicyclic) bond motifs is 2. The Morgan fingerprint density at radius 3 is 2.63 bits per heavy atom. The van der Waals surface area contributed by atoms with Gasteiger partial charge in [-0.3, -0.25) is 0 Å². The molecule has 1 aromatic carbocycles. The molecule has 0 N–H and O–H groups in total. The minimum Gasteiger partial charge on any atom is -0.370 e. The minimum absolute atomic E-state index is 0.00914. The van der Waals surface area contributed by atoms with Crippen molar-refractivity contribution >= 4 is 0 Å². The van der Waals surface area contributed by atoms with E-state index in [1.165, 1.54) is 12.0 Å². The smallest absolute Gasteiger partial charge is 0.0950 e. The van der Waals surface area contributed by atoms with Crippen LogP contribution < -0.4 is 0 Å². The van der Waals surface area contributed by atoms with Crippen LogP contribution in [0.5, 0.6) is 0 Å². The maximum atomic E-state index is 6.42. The second kappa shape index (κ2) is 4.92. The highest BCUT2D eigenvalue weighted by Crippen LogP contribution is 2.55. The molecule has 2 bridgehead atoms. The maximum Gasteiger partial charge on any atom is 0.0950 e. The van der Waals surface area contributed by atoms with Gasteiger partial charge in [-0.25, -0.2) is 0 Å². The zero-order valence-corrected chi connectivity index (χ0v) is 12.0. The van der Waals surface area contributed by atoms with Crippen LogP contribution in [0.15, 0.2) is 30.3 Å². The summed E-state index contributed by atoms with van der Waals surface area (Å²) in [7, 11) is 0. The number of hydrogen-bond acceptors (Lipinski definition) is 2. The first-order valence-electron chi connectivity index (χ1n) is 7.58. The molecule has 2 nitrogen and oxygen atoms in total. The van der Waals surface area contributed by atoms with Gasteiger partial charge in [-0.1, -0.05) is 44.2 Å². The van der Waals surface area contributed by atoms with Gasteiger partial charge in [0.25, 0.3) is 0 Å². The van der Waals surface area contributed by atoms with Crippen LogP contribution >= 0.6 is 0 Å². The molecule has 0 aliphatic carbocycles. The van der Waals surface area contributed by atoms with E-state index in [2.05, 4.69) is 38.1 Å². The Hall–Kier alpha value is -0.860. The Bertz CT molecular complexity index is 430. The van der Waals surface area contributed by atoms with Crippen molar-refractivity contribution in [3.05, 3.63) is 35.9 Å². The van der Waals surface area contributed by atoms with Gasteiger partial charge in [-0.05, 0) is 31.2 Å². The Morgan fingerprint density at radius 2 is 1.95 bits per heavy atom. The molecule has 1 aromatic rings. The lowest BCUT2D eigenvalue weighted by atomic mass is 9.77. The predicted octanol–water partition coefficient (Wildman–Crippen LogP) is 4.08. The monoisotopic (exact) mass is 260 g/mol. The summed E-state index contributed by atoms with van der Waals surface area (Å²) in [5, 5.41) is 0. The van der Waals surface area contributed by atoms with Crippen molar-refractivity contribution in [1.82, 2.24) is 0 Å². The third-order valence-electron chi connectivity index (χ3n) is 5.10. The van der Waals surface area contributed by atoms with E-state index in [0.717, 1.165) is 25.7 Å². The standard InChI is InChI=1S/C17H24O2/c1-3-16-10-11-17(4-2,19-16)15(12-16)18-13-14-8-6-5-7-9-14/h5-9,15H,3-4,10-13H2,1-2H3. The molecule has 0 amide bonds. The minimum atomic E-state index is -0.00914. The first-order valence-corrected chi connectivity index (χ1v) is 7.58. The second-order valence-electron chi connectivity index (χ2n) is 6.05. The Labute approximate surface area is 116 Å². The SMILES string of the molecule is CCC12CCC(CC)(O1)C(OCc1ccccc1)C2. The first-order chi connectivity index (χ1) is 9.22. The van der Waals surface area contributed by atoms with Crippen molar-refractivity contribution < 1.29 is 9.47 Å². The van der Waals surface area contributed by atoms with Gasteiger partial charge < -0.3 is 9.47 Å². The summed E-state index contributed by atoms with van der Waals surface area (Å²) in [6.07, 6.45) is 5.89. The van der Waals surface area contributed by atoms with E-state index in [0.29, 0.717) is 6.61 Å². The van der Waals surface area contributed by atoms with E-state index in [4.69, 9.17) is 9.47 Å². The molecule has 2 heteroatoms. The van der Waals surface area contributed by atoms with Crippen LogP contribution in [-0.2, 0) is 16.1 Å². The molecule has 2 aliphatic heterocycles. The molecule has 0 aromatic heterocycles. The van der Waals surface area contributed by atoms with E-state index in [1.54, 1.807) is 0 Å². The second-order valence-corrected chi connectivity index (χ2v) is 6.05. The molecule has 104 valence electrons. The van der Waals surface area contributed by atoms with Crippen molar-refractivity contribution in [1.29, 1.82) is 0 Å². The molecule has 0 saturated carbocycles. The van der Waals surface area contributed by atoms with Gasteiger partial charge in [0.2, 0.25) is 0 Å². The summed E-state index contributed by atoms with van der Waals surface area (Å²) in [4.78, 5) is 0. The summed E-state index contributed by atoms with van der Waals surface area (Å²) >= 11 is 0. The predicted molar refractivity (Wildman–Crippen MR) is 76.0 cm³/mol. The number of hydrogen-bond donors (Lipinski definition) is 0. The third kappa shape index (κ3) is 2.21. The summed E-state index contributed by atoms with van der Waals surface area (Å²) in [6, 6.07) is 10.4. The molecule has 0 radical (unpaired) electrons. The van der Waals surface area contributed by atoms with Crippen LogP contribution in [0.4, 0.5) is 0 Å². The van der Waals surface area contributed by atoms with Crippen LogP contribution in [0.2, 0.25) is 0 Å². The van der Waals surface area contributed by atoms with Gasteiger partial charge in [0.1, 0.15) is 0 Å². The van der Waals surface area contributed by atoms with E-state index in [9.17, 15) is 0 Å². The lowest BCUT2D eigenvalue weighted by Crippen LogP contribution is -2.39. The van der Waals surface area contributed by atoms with Crippen molar-refractivity contribution in [2.45, 2.75) is 69.9 Å². The Morgan fingerprint density at radius 1 is 1.16 bits per heavy atom. The number of benzene rings is 1. The maximum absolute atomic E-state index is 6.42. The molecule has 3 atom stereocenters. The van der Waals surface area contributed by atoms with Crippen LogP contribution in [-0.4, -0.2) is 17.3 Å². The van der Waals surface area contributed by atoms with Crippen LogP contribution in [0.25, 0.3) is 0 Å². The van der Waals surface area contributed by atoms with Crippen LogP contribution in [0, 0.1) is 0 Å². The Balaban J connectivity index is 1.68. The topological polar surface area (TPSA) is 18.5 Å². The molecule has 2 heterocycles. The Kier molecular flexibility index (Phi) is 3.40. The zero-order chi connectivity index (χ0) is 13.3. The summed E-state index contributed by atoms with van der Waals surface area (Å²) in [5.41, 5.74) is 1.35. The molecular formula is C17H24O2. The third-order valence-corrected chi connectivity index (χ3v) is 5.10. The van der Waals surface area contributed by atoms with Crippen molar-refractivity contribution in [2.24, 2.45) is 0 Å². The van der Waals surface area contributed by atoms with Gasteiger partial charge >= 0.3 is 0 Å². The average Bonchev–Trinajstić information content (AvgIpc) is 3.01. The van der Waals surface area contributed by atoms with Crippen molar-refractivity contribution in [3.8, 4) is 0 Å². The lowest BCUT2D eigenvalue weighted by Gasteiger charge is -2.32. The normalized spacial score (nSPS) is 36.8. The van der Waals surface area contributed by atoms with E-state index < -0.39 is 0 Å². The largest absolute Gasteiger partial charge is 0.370 e. The highest BCUT2D eigenvalue weighted by Gasteiger charge is 2.60. The summed E-state index contributed by atoms with van der Waals surface area (Å²) in [5.74, 6) is 0. The van der Waals surface area contributed by atoms with Crippen LogP contribution in [0.1, 0.15) is 51.5 Å². The first kappa shape index (κ1) is 13.1. The van der Waals surface area contributed by atoms with Gasteiger partial charge in [-0.15, -0.1) is 0 Å². The van der Waals surface area contributed by atoms with Crippen molar-refractivity contribution in [2.75, 3.05) is 0 Å². The average molecular weight is 260 g/mol. The molecular weight excluding hydrogens is 236 g/mol. The fourth-order valence-electron chi connectivity index (χ4n) is 3.72. The van der Waals surface area contributed by atoms with Gasteiger partial charge in [0.15, 0.2) is 0 Å². The molecule has 2 aliphatic rings. The molecule has 2 fully saturated rings. The van der Waals surface area contributed by atoms with Gasteiger partial charge in [-0.2, -0.15) is 0 Å². The molecule has 3 unspecified atom stereocenters. The molecule has 19 heavy (non-hydrogen) atoms. The van der Waals surface area contributed by atoms with Gasteiger partial charge in [0, 0.05) is 6.42 Å². The summed E-state index contributed by atoms with van der Waals surface area (Å²) in [6.45, 7) is 5.18. The highest BCUT2D eigenvalue weighted by molar-refractivity contribution is 5.14. The fourth-order valence-corrected chi connectivity index (χ4v) is 3.72. The van der Waals surface area contributed by atoms with Crippen molar-refractivity contribution in [3.63, 3.8) is 0 Å². The van der Waals surface area contributed by atoms with Gasteiger partial charge in [0.05, 0.1) is 23.9 Å². The number of ether oxygens (including phenoxy) is 2. The van der Waals surface area contributed by atoms with Crippen LogP contribution in [0.3, 0.4) is 0 Å².